The summed E-state index contributed by atoms with van der Waals surface area (Å²) in [6, 6.07) is 8.10. The molecule has 2 N–H and O–H groups in total. The lowest BCUT2D eigenvalue weighted by Gasteiger charge is -2.02. The van der Waals surface area contributed by atoms with Crippen molar-refractivity contribution in [1.82, 2.24) is 9.78 Å². The Morgan fingerprint density at radius 2 is 2.26 bits per heavy atom. The van der Waals surface area contributed by atoms with Crippen molar-refractivity contribution in [1.29, 1.82) is 0 Å². The molecule has 0 aliphatic heterocycles. The Labute approximate surface area is 112 Å². The number of aromatic nitrogens is 2. The molecular formula is C14H17N3O2. The average molecular weight is 259 g/mol. The number of esters is 1. The predicted octanol–water partition coefficient (Wildman–Crippen LogP) is 2.00. The zero-order chi connectivity index (χ0) is 13.8. The van der Waals surface area contributed by atoms with Crippen LogP contribution in [0.25, 0.3) is 0 Å². The SMILES string of the molecule is CCOC(=O)c1nn(Cc2cccc(C)c2)cc1N. The Bertz CT molecular complexity index is 590. The van der Waals surface area contributed by atoms with Gasteiger partial charge in [0.15, 0.2) is 5.69 Å². The van der Waals surface area contributed by atoms with Gasteiger partial charge in [-0.1, -0.05) is 29.8 Å². The number of aryl methyl sites for hydroxylation is 1. The molecule has 0 bridgehead atoms. The molecule has 1 aromatic carbocycles. The molecule has 2 aromatic rings. The first-order chi connectivity index (χ1) is 9.10. The normalized spacial score (nSPS) is 10.4. The van der Waals surface area contributed by atoms with Gasteiger partial charge in [-0.3, -0.25) is 4.68 Å². The van der Waals surface area contributed by atoms with Crippen molar-refractivity contribution in [2.75, 3.05) is 12.3 Å². The summed E-state index contributed by atoms with van der Waals surface area (Å²) in [6.07, 6.45) is 1.65. The maximum absolute atomic E-state index is 11.6. The maximum Gasteiger partial charge on any atom is 0.361 e. The van der Waals surface area contributed by atoms with Gasteiger partial charge in [0.2, 0.25) is 0 Å². The number of nitrogens with two attached hydrogens (primary N) is 1. The molecule has 0 unspecified atom stereocenters. The van der Waals surface area contributed by atoms with E-state index in [1.54, 1.807) is 17.8 Å². The van der Waals surface area contributed by atoms with E-state index in [1.165, 1.54) is 5.56 Å². The summed E-state index contributed by atoms with van der Waals surface area (Å²) in [5.41, 5.74) is 8.58. The predicted molar refractivity (Wildman–Crippen MR) is 72.9 cm³/mol. The van der Waals surface area contributed by atoms with Crippen molar-refractivity contribution in [3.8, 4) is 0 Å². The number of nitrogens with zero attached hydrogens (tertiary/aromatic N) is 2. The smallest absolute Gasteiger partial charge is 0.361 e. The van der Waals surface area contributed by atoms with Crippen LogP contribution in [0.2, 0.25) is 0 Å². The Kier molecular flexibility index (Phi) is 3.85. The molecule has 0 aliphatic rings. The third kappa shape index (κ3) is 3.13. The van der Waals surface area contributed by atoms with Gasteiger partial charge < -0.3 is 10.5 Å². The summed E-state index contributed by atoms with van der Waals surface area (Å²) in [6.45, 7) is 4.66. The Hall–Kier alpha value is -2.30. The van der Waals surface area contributed by atoms with Gasteiger partial charge in [-0.25, -0.2) is 4.79 Å². The summed E-state index contributed by atoms with van der Waals surface area (Å²) in [4.78, 5) is 11.6. The van der Waals surface area contributed by atoms with Gasteiger partial charge in [-0.05, 0) is 19.4 Å². The number of nitrogen functional groups attached to an aromatic ring is 1. The average Bonchev–Trinajstić information content (AvgIpc) is 2.70. The Morgan fingerprint density at radius 3 is 2.95 bits per heavy atom. The fraction of sp³-hybridized carbons (Fsp3) is 0.286. The molecule has 2 rings (SSSR count). The van der Waals surface area contributed by atoms with Gasteiger partial charge in [-0.2, -0.15) is 5.10 Å². The molecule has 0 saturated carbocycles. The number of rotatable bonds is 4. The lowest BCUT2D eigenvalue weighted by atomic mass is 10.1. The number of hydrogen-bond acceptors (Lipinski definition) is 4. The van der Waals surface area contributed by atoms with Gasteiger partial charge in [-0.15, -0.1) is 0 Å². The minimum atomic E-state index is -0.483. The van der Waals surface area contributed by atoms with Gasteiger partial charge in [0, 0.05) is 6.20 Å². The molecule has 0 atom stereocenters. The molecule has 100 valence electrons. The number of carbonyl (C=O) groups is 1. The Morgan fingerprint density at radius 1 is 1.47 bits per heavy atom. The lowest BCUT2D eigenvalue weighted by molar-refractivity contribution is 0.0519. The molecule has 5 heteroatoms. The van der Waals surface area contributed by atoms with Gasteiger partial charge in [0.25, 0.3) is 0 Å². The van der Waals surface area contributed by atoms with Crippen LogP contribution in [0.15, 0.2) is 30.5 Å². The van der Waals surface area contributed by atoms with Gasteiger partial charge >= 0.3 is 5.97 Å². The quantitative estimate of drug-likeness (QED) is 0.852. The van der Waals surface area contributed by atoms with E-state index in [4.69, 9.17) is 10.5 Å². The van der Waals surface area contributed by atoms with E-state index in [0.29, 0.717) is 18.8 Å². The van der Waals surface area contributed by atoms with Crippen molar-refractivity contribution < 1.29 is 9.53 Å². The maximum atomic E-state index is 11.6. The molecule has 0 amide bonds. The molecule has 0 saturated heterocycles. The number of benzene rings is 1. The molecule has 5 nitrogen and oxygen atoms in total. The monoisotopic (exact) mass is 259 g/mol. The van der Waals surface area contributed by atoms with E-state index in [1.807, 2.05) is 25.1 Å². The van der Waals surface area contributed by atoms with E-state index in [9.17, 15) is 4.79 Å². The number of carbonyl (C=O) groups excluding carboxylic acids is 1. The van der Waals surface area contributed by atoms with Crippen LogP contribution in [0, 0.1) is 6.92 Å². The third-order valence-electron chi connectivity index (χ3n) is 2.69. The first kappa shape index (κ1) is 13.1. The number of hydrogen-bond donors (Lipinski definition) is 1. The molecule has 0 radical (unpaired) electrons. The molecule has 0 spiro atoms. The van der Waals surface area contributed by atoms with Crippen LogP contribution < -0.4 is 5.73 Å². The number of anilines is 1. The first-order valence-electron chi connectivity index (χ1n) is 6.15. The summed E-state index contributed by atoms with van der Waals surface area (Å²) in [7, 11) is 0. The van der Waals surface area contributed by atoms with Crippen LogP contribution >= 0.6 is 0 Å². The molecule has 0 fully saturated rings. The van der Waals surface area contributed by atoms with Crippen molar-refractivity contribution in [2.45, 2.75) is 20.4 Å². The third-order valence-corrected chi connectivity index (χ3v) is 2.69. The van der Waals surface area contributed by atoms with Crippen molar-refractivity contribution in [3.63, 3.8) is 0 Å². The van der Waals surface area contributed by atoms with E-state index < -0.39 is 5.97 Å². The van der Waals surface area contributed by atoms with Crippen LogP contribution in [0.5, 0.6) is 0 Å². The zero-order valence-electron chi connectivity index (χ0n) is 11.1. The molecular weight excluding hydrogens is 242 g/mol. The second-order valence-corrected chi connectivity index (χ2v) is 4.34. The first-order valence-corrected chi connectivity index (χ1v) is 6.15. The minimum Gasteiger partial charge on any atom is -0.461 e. The van der Waals surface area contributed by atoms with E-state index in [2.05, 4.69) is 11.2 Å². The molecule has 19 heavy (non-hydrogen) atoms. The fourth-order valence-electron chi connectivity index (χ4n) is 1.87. The van der Waals surface area contributed by atoms with Crippen LogP contribution in [0.4, 0.5) is 5.69 Å². The topological polar surface area (TPSA) is 70.1 Å². The fourth-order valence-corrected chi connectivity index (χ4v) is 1.87. The second kappa shape index (κ2) is 5.56. The molecule has 1 aromatic heterocycles. The van der Waals surface area contributed by atoms with Crippen molar-refractivity contribution in [3.05, 3.63) is 47.3 Å². The van der Waals surface area contributed by atoms with Gasteiger partial charge in [0.1, 0.15) is 0 Å². The van der Waals surface area contributed by atoms with Crippen LogP contribution in [0.3, 0.4) is 0 Å². The summed E-state index contributed by atoms with van der Waals surface area (Å²) < 4.78 is 6.55. The highest BCUT2D eigenvalue weighted by atomic mass is 16.5. The van der Waals surface area contributed by atoms with E-state index >= 15 is 0 Å². The van der Waals surface area contributed by atoms with Crippen molar-refractivity contribution >= 4 is 11.7 Å². The highest BCUT2D eigenvalue weighted by molar-refractivity contribution is 5.92. The highest BCUT2D eigenvalue weighted by Crippen LogP contribution is 2.13. The second-order valence-electron chi connectivity index (χ2n) is 4.34. The number of ether oxygens (including phenoxy) is 1. The zero-order valence-corrected chi connectivity index (χ0v) is 11.1. The largest absolute Gasteiger partial charge is 0.461 e. The molecule has 0 aliphatic carbocycles. The van der Waals surface area contributed by atoms with Gasteiger partial charge in [0.05, 0.1) is 18.8 Å². The minimum absolute atomic E-state index is 0.175. The van der Waals surface area contributed by atoms with E-state index in [-0.39, 0.29) is 5.69 Å². The van der Waals surface area contributed by atoms with Crippen LogP contribution in [-0.2, 0) is 11.3 Å². The summed E-state index contributed by atoms with van der Waals surface area (Å²) in [5.74, 6) is -0.483. The van der Waals surface area contributed by atoms with Crippen LogP contribution in [0.1, 0.15) is 28.5 Å². The standard InChI is InChI=1S/C14H17N3O2/c1-3-19-14(18)13-12(15)9-17(16-13)8-11-6-4-5-10(2)7-11/h4-7,9H,3,8,15H2,1-2H3. The van der Waals surface area contributed by atoms with E-state index in [0.717, 1.165) is 5.56 Å². The summed E-state index contributed by atoms with van der Waals surface area (Å²) in [5, 5.41) is 4.17. The lowest BCUT2D eigenvalue weighted by Crippen LogP contribution is -2.09. The summed E-state index contributed by atoms with van der Waals surface area (Å²) >= 11 is 0. The Balaban J connectivity index is 2.18. The van der Waals surface area contributed by atoms with Crippen molar-refractivity contribution in [2.24, 2.45) is 0 Å². The van der Waals surface area contributed by atoms with Crippen LogP contribution in [-0.4, -0.2) is 22.4 Å². The molecule has 1 heterocycles. The highest BCUT2D eigenvalue weighted by Gasteiger charge is 2.15.